The van der Waals surface area contributed by atoms with E-state index in [0.29, 0.717) is 23.7 Å². The number of aliphatic hydroxyl groups is 1. The Morgan fingerprint density at radius 3 is 2.75 bits per heavy atom. The van der Waals surface area contributed by atoms with E-state index in [2.05, 4.69) is 20.8 Å². The third-order valence-corrected chi connectivity index (χ3v) is 8.86. The highest BCUT2D eigenvalue weighted by Crippen LogP contribution is 2.44. The molecule has 3 unspecified atom stereocenters. The number of aliphatic carboxylic acids is 1. The van der Waals surface area contributed by atoms with Gasteiger partial charge in [0.2, 0.25) is 17.0 Å². The van der Waals surface area contributed by atoms with Crippen molar-refractivity contribution in [2.45, 2.75) is 42.1 Å². The van der Waals surface area contributed by atoms with Crippen LogP contribution in [-0.2, 0) is 25.7 Å². The van der Waals surface area contributed by atoms with Crippen LogP contribution >= 0.6 is 23.5 Å². The minimum Gasteiger partial charge on any atom is -0.481 e. The van der Waals surface area contributed by atoms with E-state index < -0.39 is 46.6 Å². The molecule has 3 amide bonds. The topological polar surface area (TPSA) is 194 Å². The Morgan fingerprint density at radius 1 is 1.31 bits per heavy atom. The molecule has 36 heavy (non-hydrogen) atoms. The number of benzene rings is 1. The number of amides is 3. The fourth-order valence-corrected chi connectivity index (χ4v) is 6.74. The van der Waals surface area contributed by atoms with E-state index in [1.807, 2.05) is 0 Å². The Labute approximate surface area is 214 Å². The van der Waals surface area contributed by atoms with Crippen molar-refractivity contribution in [3.8, 4) is 0 Å². The molecule has 0 aliphatic carbocycles. The molecule has 2 aliphatic heterocycles. The first-order valence-corrected chi connectivity index (χ1v) is 13.1. The standard InChI is InChI=1S/C21H25N7O6S2/c22-13(29)7-4-8-28-20(24-25-26-28)36-11-21(19(33)34)9-27-17(32)14(18(27)35-10-21)23-16(31)15(30)12-5-2-1-3-6-12/h1-3,5-6,14-15,18,30H,4,7-11H2,(H2,22,29)(H,23,31)(H,33,34)/t14?,15?,18-,21?/m1/s1. The second kappa shape index (κ2) is 10.8. The average Bonchev–Trinajstić information content (AvgIpc) is 3.32. The first kappa shape index (κ1) is 25.9. The summed E-state index contributed by atoms with van der Waals surface area (Å²) < 4.78 is 1.49. The van der Waals surface area contributed by atoms with Crippen LogP contribution in [0.3, 0.4) is 0 Å². The van der Waals surface area contributed by atoms with E-state index in [4.69, 9.17) is 5.73 Å². The monoisotopic (exact) mass is 535 g/mol. The maximum Gasteiger partial charge on any atom is 0.313 e. The number of aliphatic hydroxyl groups excluding tert-OH is 1. The predicted molar refractivity (Wildman–Crippen MR) is 128 cm³/mol. The van der Waals surface area contributed by atoms with Crippen LogP contribution in [0.5, 0.6) is 0 Å². The molecule has 0 bridgehead atoms. The molecule has 2 saturated heterocycles. The zero-order valence-corrected chi connectivity index (χ0v) is 20.7. The summed E-state index contributed by atoms with van der Waals surface area (Å²) in [5, 5.41) is 34.3. The quantitative estimate of drug-likeness (QED) is 0.209. The maximum atomic E-state index is 12.8. The van der Waals surface area contributed by atoms with Gasteiger partial charge in [-0.25, -0.2) is 4.68 Å². The number of aryl methyl sites for hydroxylation is 1. The van der Waals surface area contributed by atoms with Crippen LogP contribution in [0.2, 0.25) is 0 Å². The van der Waals surface area contributed by atoms with Gasteiger partial charge in [-0.15, -0.1) is 16.9 Å². The fourth-order valence-electron chi connectivity index (χ4n) is 3.97. The molecule has 5 N–H and O–H groups in total. The van der Waals surface area contributed by atoms with Crippen LogP contribution in [0, 0.1) is 5.41 Å². The zero-order chi connectivity index (χ0) is 25.9. The van der Waals surface area contributed by atoms with Crippen LogP contribution in [0.25, 0.3) is 0 Å². The highest BCUT2D eigenvalue weighted by Gasteiger charge is 2.57. The molecular weight excluding hydrogens is 510 g/mol. The van der Waals surface area contributed by atoms with Crippen molar-refractivity contribution in [3.05, 3.63) is 35.9 Å². The lowest BCUT2D eigenvalue weighted by Crippen LogP contribution is -2.74. The Bertz CT molecular complexity index is 1150. The van der Waals surface area contributed by atoms with Crippen LogP contribution in [0.1, 0.15) is 24.5 Å². The largest absolute Gasteiger partial charge is 0.481 e. The van der Waals surface area contributed by atoms with E-state index in [-0.39, 0.29) is 24.5 Å². The number of carbonyl (C=O) groups excluding carboxylic acids is 3. The van der Waals surface area contributed by atoms with Gasteiger partial charge in [-0.2, -0.15) is 0 Å². The number of thioether (sulfide) groups is 2. The van der Waals surface area contributed by atoms with Gasteiger partial charge in [0.15, 0.2) is 6.10 Å². The molecule has 1 aromatic heterocycles. The number of rotatable bonds is 11. The van der Waals surface area contributed by atoms with Crippen molar-refractivity contribution >= 4 is 47.2 Å². The van der Waals surface area contributed by atoms with Gasteiger partial charge < -0.3 is 26.2 Å². The third-order valence-electron chi connectivity index (χ3n) is 6.03. The minimum absolute atomic E-state index is 0.0251. The average molecular weight is 536 g/mol. The van der Waals surface area contributed by atoms with Crippen LogP contribution < -0.4 is 11.1 Å². The number of carbonyl (C=O) groups is 4. The Morgan fingerprint density at radius 2 is 2.06 bits per heavy atom. The molecular formula is C21H25N7O6S2. The van der Waals surface area contributed by atoms with E-state index >= 15 is 0 Å². The number of β-lactam (4-membered cyclic amide) rings is 1. The van der Waals surface area contributed by atoms with Gasteiger partial charge in [-0.1, -0.05) is 42.1 Å². The van der Waals surface area contributed by atoms with Crippen molar-refractivity contribution in [2.75, 3.05) is 18.1 Å². The Hall–Kier alpha value is -3.17. The Balaban J connectivity index is 1.36. The lowest BCUT2D eigenvalue weighted by atomic mass is 9.89. The van der Waals surface area contributed by atoms with Gasteiger partial charge in [0.05, 0.1) is 0 Å². The van der Waals surface area contributed by atoms with Gasteiger partial charge in [0.25, 0.3) is 5.91 Å². The minimum atomic E-state index is -1.41. The zero-order valence-electron chi connectivity index (χ0n) is 19.0. The summed E-state index contributed by atoms with van der Waals surface area (Å²) in [7, 11) is 0. The predicted octanol–water partition coefficient (Wildman–Crippen LogP) is -0.765. The van der Waals surface area contributed by atoms with E-state index in [9.17, 15) is 29.4 Å². The number of hydrogen-bond donors (Lipinski definition) is 4. The summed E-state index contributed by atoms with van der Waals surface area (Å²) in [6.45, 7) is 0.332. The molecule has 4 rings (SSSR count). The molecule has 13 nitrogen and oxygen atoms in total. The summed E-state index contributed by atoms with van der Waals surface area (Å²) >= 11 is 2.44. The number of fused-ring (bicyclic) bond motifs is 1. The number of tetrazole rings is 1. The summed E-state index contributed by atoms with van der Waals surface area (Å²) in [5.41, 5.74) is 4.32. The number of nitrogens with zero attached hydrogens (tertiary/aromatic N) is 5. The molecule has 0 spiro atoms. The second-order valence-corrected chi connectivity index (χ2v) is 10.6. The summed E-state index contributed by atoms with van der Waals surface area (Å²) in [6, 6.07) is 7.54. The second-order valence-electron chi connectivity index (χ2n) is 8.60. The number of carboxylic acid groups (broad SMARTS) is 1. The molecule has 2 aliphatic rings. The number of nitrogens with one attached hydrogen (secondary N) is 1. The smallest absolute Gasteiger partial charge is 0.313 e. The van der Waals surface area contributed by atoms with Crippen LogP contribution in [0.4, 0.5) is 0 Å². The van der Waals surface area contributed by atoms with Crippen molar-refractivity contribution in [1.82, 2.24) is 30.4 Å². The number of primary amides is 1. The number of carboxylic acids is 1. The molecule has 2 aromatic rings. The summed E-state index contributed by atoms with van der Waals surface area (Å²) in [6.07, 6.45) is -0.785. The van der Waals surface area contributed by atoms with Crippen LogP contribution in [-0.4, -0.2) is 88.5 Å². The molecule has 2 fully saturated rings. The van der Waals surface area contributed by atoms with Crippen LogP contribution in [0.15, 0.2) is 35.5 Å². The Kier molecular flexibility index (Phi) is 7.80. The van der Waals surface area contributed by atoms with E-state index in [1.165, 1.54) is 21.3 Å². The SMILES string of the molecule is NC(=O)CCCn1nnnc1SCC1(C(=O)O)CS[C@@H]2C(NC(=O)C(O)c3ccccc3)C(=O)N2C1. The third kappa shape index (κ3) is 5.32. The van der Waals surface area contributed by atoms with E-state index in [0.717, 1.165) is 11.8 Å². The lowest BCUT2D eigenvalue weighted by Gasteiger charge is -2.53. The van der Waals surface area contributed by atoms with Crippen molar-refractivity contribution in [3.63, 3.8) is 0 Å². The van der Waals surface area contributed by atoms with Crippen molar-refractivity contribution in [1.29, 1.82) is 0 Å². The van der Waals surface area contributed by atoms with Gasteiger partial charge in [-0.05, 0) is 22.4 Å². The molecule has 0 saturated carbocycles. The lowest BCUT2D eigenvalue weighted by molar-refractivity contribution is -0.158. The van der Waals surface area contributed by atoms with Crippen molar-refractivity contribution in [2.24, 2.45) is 11.1 Å². The maximum absolute atomic E-state index is 12.8. The highest BCUT2D eigenvalue weighted by atomic mass is 32.2. The summed E-state index contributed by atoms with van der Waals surface area (Å²) in [5.74, 6) is -2.24. The molecule has 4 atom stereocenters. The molecule has 192 valence electrons. The van der Waals surface area contributed by atoms with Gasteiger partial charge in [0.1, 0.15) is 16.8 Å². The molecule has 1 aromatic carbocycles. The van der Waals surface area contributed by atoms with Gasteiger partial charge in [-0.3, -0.25) is 19.2 Å². The van der Waals surface area contributed by atoms with Crippen molar-refractivity contribution < 1.29 is 29.4 Å². The number of nitrogens with two attached hydrogens (primary N) is 1. The van der Waals surface area contributed by atoms with E-state index in [1.54, 1.807) is 30.3 Å². The number of hydrogen-bond acceptors (Lipinski definition) is 10. The number of aromatic nitrogens is 4. The normalized spacial score (nSPS) is 23.9. The van der Waals surface area contributed by atoms with Gasteiger partial charge >= 0.3 is 5.97 Å². The fraction of sp³-hybridized carbons (Fsp3) is 0.476. The van der Waals surface area contributed by atoms with Gasteiger partial charge in [0, 0.05) is 31.0 Å². The first-order chi connectivity index (χ1) is 17.2. The molecule has 0 radical (unpaired) electrons. The molecule has 3 heterocycles. The molecule has 15 heteroatoms. The summed E-state index contributed by atoms with van der Waals surface area (Å²) in [4.78, 5) is 50.0. The first-order valence-electron chi connectivity index (χ1n) is 11.1. The highest BCUT2D eigenvalue weighted by molar-refractivity contribution is 8.00.